The summed E-state index contributed by atoms with van der Waals surface area (Å²) in [6, 6.07) is 5.29. The van der Waals surface area contributed by atoms with Gasteiger partial charge in [0.1, 0.15) is 6.67 Å². The second-order valence-electron chi connectivity index (χ2n) is 6.23. The lowest BCUT2D eigenvalue weighted by atomic mass is 9.96. The van der Waals surface area contributed by atoms with Gasteiger partial charge in [0, 0.05) is 6.26 Å². The van der Waals surface area contributed by atoms with Crippen molar-refractivity contribution in [2.75, 3.05) is 12.9 Å². The van der Waals surface area contributed by atoms with Gasteiger partial charge in [-0.3, -0.25) is 14.0 Å². The van der Waals surface area contributed by atoms with Crippen molar-refractivity contribution in [2.24, 2.45) is 5.92 Å². The third-order valence-corrected chi connectivity index (χ3v) is 4.12. The van der Waals surface area contributed by atoms with Crippen molar-refractivity contribution in [2.45, 2.75) is 37.4 Å². The topological polar surface area (TPSA) is 92.7 Å². The van der Waals surface area contributed by atoms with Gasteiger partial charge in [-0.2, -0.15) is 0 Å². The number of carbonyl (C=O) groups is 1. The molecule has 1 amide bonds. The molecule has 0 aliphatic rings. The zero-order valence-electron chi connectivity index (χ0n) is 13.5. The number of nitrogens with one attached hydrogen (secondary N) is 1. The summed E-state index contributed by atoms with van der Waals surface area (Å²) in [6.45, 7) is 4.03. The van der Waals surface area contributed by atoms with E-state index in [0.29, 0.717) is 0 Å². The first-order chi connectivity index (χ1) is 10.5. The first-order valence-electron chi connectivity index (χ1n) is 6.97. The predicted molar refractivity (Wildman–Crippen MR) is 83.0 cm³/mol. The quantitative estimate of drug-likeness (QED) is 0.762. The highest BCUT2D eigenvalue weighted by atomic mass is 32.2. The average molecular weight is 347 g/mol. The van der Waals surface area contributed by atoms with E-state index >= 15 is 0 Å². The molecule has 0 unspecified atom stereocenters. The SMILES string of the molecule is CC(C)(C)ONC(=O)[C@@H](CF)[C@@H](O)c1ccc(S(C)(=O)=O)cc1. The van der Waals surface area contributed by atoms with E-state index in [0.717, 1.165) is 6.26 Å². The predicted octanol–water partition coefficient (Wildman–Crippen LogP) is 1.56. The molecule has 0 heterocycles. The fraction of sp³-hybridized carbons (Fsp3) is 0.533. The van der Waals surface area contributed by atoms with Crippen LogP contribution >= 0.6 is 0 Å². The number of amides is 1. The van der Waals surface area contributed by atoms with Gasteiger partial charge in [0.05, 0.1) is 22.5 Å². The van der Waals surface area contributed by atoms with Crippen molar-refractivity contribution in [3.8, 4) is 0 Å². The Balaban J connectivity index is 2.87. The minimum absolute atomic E-state index is 0.0748. The minimum atomic E-state index is -3.37. The Labute approximate surface area is 135 Å². The molecule has 0 spiro atoms. The van der Waals surface area contributed by atoms with Crippen LogP contribution in [0.25, 0.3) is 0 Å². The Morgan fingerprint density at radius 2 is 1.83 bits per heavy atom. The van der Waals surface area contributed by atoms with E-state index in [2.05, 4.69) is 5.48 Å². The summed E-state index contributed by atoms with van der Waals surface area (Å²) in [5, 5.41) is 10.2. The molecule has 0 saturated heterocycles. The molecule has 0 radical (unpaired) electrons. The molecule has 0 aliphatic carbocycles. The van der Waals surface area contributed by atoms with E-state index in [1.165, 1.54) is 24.3 Å². The number of hydrogen-bond acceptors (Lipinski definition) is 5. The van der Waals surface area contributed by atoms with Crippen LogP contribution in [0.1, 0.15) is 32.4 Å². The van der Waals surface area contributed by atoms with Crippen molar-refractivity contribution >= 4 is 15.7 Å². The molecule has 1 aromatic carbocycles. The van der Waals surface area contributed by atoms with Gasteiger partial charge < -0.3 is 5.11 Å². The van der Waals surface area contributed by atoms with Crippen LogP contribution in [0.5, 0.6) is 0 Å². The maximum atomic E-state index is 13.2. The third kappa shape index (κ3) is 5.89. The molecule has 1 rings (SSSR count). The van der Waals surface area contributed by atoms with Gasteiger partial charge in [0.2, 0.25) is 0 Å². The van der Waals surface area contributed by atoms with Crippen LogP contribution in [-0.4, -0.2) is 38.0 Å². The van der Waals surface area contributed by atoms with Gasteiger partial charge in [0.15, 0.2) is 9.84 Å². The summed E-state index contributed by atoms with van der Waals surface area (Å²) in [5.41, 5.74) is 1.71. The normalized spacial score (nSPS) is 15.0. The highest BCUT2D eigenvalue weighted by molar-refractivity contribution is 7.90. The number of carbonyl (C=O) groups excluding carboxylic acids is 1. The third-order valence-electron chi connectivity index (χ3n) is 2.99. The van der Waals surface area contributed by atoms with Crippen LogP contribution in [0.3, 0.4) is 0 Å². The summed E-state index contributed by atoms with van der Waals surface area (Å²) in [7, 11) is -3.37. The molecular weight excluding hydrogens is 325 g/mol. The van der Waals surface area contributed by atoms with Crippen LogP contribution < -0.4 is 5.48 Å². The molecule has 1 aromatic rings. The van der Waals surface area contributed by atoms with E-state index in [9.17, 15) is 22.7 Å². The molecule has 0 bridgehead atoms. The number of alkyl halides is 1. The number of halogens is 1. The molecule has 0 saturated carbocycles. The number of hydroxylamine groups is 1. The first kappa shape index (κ1) is 19.5. The van der Waals surface area contributed by atoms with Gasteiger partial charge in [-0.05, 0) is 38.5 Å². The molecule has 0 fully saturated rings. The number of hydrogen-bond donors (Lipinski definition) is 2. The second kappa shape index (κ2) is 7.37. The van der Waals surface area contributed by atoms with E-state index in [4.69, 9.17) is 4.84 Å². The van der Waals surface area contributed by atoms with Crippen molar-refractivity contribution in [3.05, 3.63) is 29.8 Å². The molecule has 6 nitrogen and oxygen atoms in total. The number of benzene rings is 1. The standard InChI is InChI=1S/C15H22FNO5S/c1-15(2,3)22-17-14(19)12(9-16)13(18)10-5-7-11(8-6-10)23(4,20)21/h5-8,12-13,18H,9H2,1-4H3,(H,17,19)/t12-,13-/m0/s1. The molecule has 8 heteroatoms. The zero-order chi connectivity index (χ0) is 17.8. The van der Waals surface area contributed by atoms with Gasteiger partial charge in [-0.15, -0.1) is 0 Å². The van der Waals surface area contributed by atoms with E-state index in [1.807, 2.05) is 0 Å². The van der Waals surface area contributed by atoms with Crippen LogP contribution in [0.4, 0.5) is 4.39 Å². The fourth-order valence-electron chi connectivity index (χ4n) is 1.72. The summed E-state index contributed by atoms with van der Waals surface area (Å²) < 4.78 is 35.9. The maximum absolute atomic E-state index is 13.2. The molecule has 0 aliphatic heterocycles. The highest BCUT2D eigenvalue weighted by Gasteiger charge is 2.29. The molecule has 0 aromatic heterocycles. The smallest absolute Gasteiger partial charge is 0.252 e. The van der Waals surface area contributed by atoms with Crippen molar-refractivity contribution < 1.29 is 27.5 Å². The minimum Gasteiger partial charge on any atom is -0.387 e. The lowest BCUT2D eigenvalue weighted by Crippen LogP contribution is -2.40. The zero-order valence-corrected chi connectivity index (χ0v) is 14.4. The molecular formula is C15H22FNO5S. The number of rotatable bonds is 6. The largest absolute Gasteiger partial charge is 0.387 e. The lowest BCUT2D eigenvalue weighted by molar-refractivity contribution is -0.154. The Morgan fingerprint density at radius 1 is 1.30 bits per heavy atom. The van der Waals surface area contributed by atoms with E-state index in [1.54, 1.807) is 20.8 Å². The molecule has 2 N–H and O–H groups in total. The van der Waals surface area contributed by atoms with Gasteiger partial charge in [-0.25, -0.2) is 13.9 Å². The second-order valence-corrected chi connectivity index (χ2v) is 8.24. The van der Waals surface area contributed by atoms with E-state index < -0.39 is 40.0 Å². The summed E-state index contributed by atoms with van der Waals surface area (Å²) >= 11 is 0. The summed E-state index contributed by atoms with van der Waals surface area (Å²) in [6.07, 6.45) is -0.364. The Bertz CT molecular complexity index is 637. The summed E-state index contributed by atoms with van der Waals surface area (Å²) in [4.78, 5) is 17.1. The summed E-state index contributed by atoms with van der Waals surface area (Å²) in [5.74, 6) is -2.15. The first-order valence-corrected chi connectivity index (χ1v) is 8.87. The Morgan fingerprint density at radius 3 is 2.22 bits per heavy atom. The van der Waals surface area contributed by atoms with Crippen molar-refractivity contribution in [1.29, 1.82) is 0 Å². The van der Waals surface area contributed by atoms with Gasteiger partial charge >= 0.3 is 0 Å². The number of sulfone groups is 1. The monoisotopic (exact) mass is 347 g/mol. The fourth-order valence-corrected chi connectivity index (χ4v) is 2.35. The highest BCUT2D eigenvalue weighted by Crippen LogP contribution is 2.24. The lowest BCUT2D eigenvalue weighted by Gasteiger charge is -2.23. The number of aliphatic hydroxyl groups excluding tert-OH is 1. The van der Waals surface area contributed by atoms with E-state index in [-0.39, 0.29) is 10.5 Å². The Kier molecular flexibility index (Phi) is 6.26. The van der Waals surface area contributed by atoms with Crippen LogP contribution in [0.15, 0.2) is 29.2 Å². The maximum Gasteiger partial charge on any atom is 0.252 e. The molecule has 23 heavy (non-hydrogen) atoms. The van der Waals surface area contributed by atoms with Gasteiger partial charge in [-0.1, -0.05) is 12.1 Å². The van der Waals surface area contributed by atoms with Crippen LogP contribution in [0, 0.1) is 5.92 Å². The molecule has 130 valence electrons. The van der Waals surface area contributed by atoms with Crippen LogP contribution in [0.2, 0.25) is 0 Å². The van der Waals surface area contributed by atoms with Crippen molar-refractivity contribution in [3.63, 3.8) is 0 Å². The number of aliphatic hydroxyl groups is 1. The average Bonchev–Trinajstić information content (AvgIpc) is 2.44. The van der Waals surface area contributed by atoms with Crippen LogP contribution in [-0.2, 0) is 19.5 Å². The van der Waals surface area contributed by atoms with Crippen molar-refractivity contribution in [1.82, 2.24) is 5.48 Å². The molecule has 2 atom stereocenters. The Hall–Kier alpha value is -1.51. The van der Waals surface area contributed by atoms with Gasteiger partial charge in [0.25, 0.3) is 5.91 Å².